The maximum absolute atomic E-state index is 5.18. The third-order valence-electron chi connectivity index (χ3n) is 12.7. The molecule has 0 saturated carbocycles. The Bertz CT molecular complexity index is 3400. The van der Waals surface area contributed by atoms with Gasteiger partial charge in [0.2, 0.25) is 0 Å². The van der Waals surface area contributed by atoms with Crippen LogP contribution in [0.15, 0.2) is 273 Å². The van der Waals surface area contributed by atoms with E-state index in [0.29, 0.717) is 18.1 Å². The van der Waals surface area contributed by atoms with Gasteiger partial charge in [0.1, 0.15) is 0 Å². The summed E-state index contributed by atoms with van der Waals surface area (Å²) < 4.78 is 0. The van der Waals surface area contributed by atoms with Gasteiger partial charge < -0.3 is 0 Å². The Balaban J connectivity index is 1.00. The molecular formula is C65H50N4. The molecule has 0 saturated heterocycles. The molecule has 10 rings (SSSR count). The molecule has 0 aliphatic heterocycles. The van der Waals surface area contributed by atoms with Crippen molar-refractivity contribution >= 4 is 0 Å². The van der Waals surface area contributed by atoms with E-state index in [0.717, 1.165) is 78.4 Å². The van der Waals surface area contributed by atoms with Gasteiger partial charge in [-0.1, -0.05) is 243 Å². The van der Waals surface area contributed by atoms with Crippen molar-refractivity contribution in [3.63, 3.8) is 0 Å². The van der Waals surface area contributed by atoms with Crippen molar-refractivity contribution in [3.05, 3.63) is 290 Å². The van der Waals surface area contributed by atoms with Gasteiger partial charge in [-0.2, -0.15) is 0 Å². The van der Waals surface area contributed by atoms with E-state index >= 15 is 0 Å². The molecule has 2 aromatic heterocycles. The van der Waals surface area contributed by atoms with Crippen molar-refractivity contribution in [1.82, 2.24) is 19.9 Å². The number of aromatic nitrogens is 4. The Morgan fingerprint density at radius 3 is 1.30 bits per heavy atom. The first kappa shape index (κ1) is 44.0. The fourth-order valence-corrected chi connectivity index (χ4v) is 8.97. The van der Waals surface area contributed by atoms with Gasteiger partial charge >= 0.3 is 0 Å². The number of rotatable bonds is 14. The van der Waals surface area contributed by atoms with Gasteiger partial charge in [-0.05, 0) is 70.1 Å². The van der Waals surface area contributed by atoms with Gasteiger partial charge in [0, 0.05) is 45.3 Å². The summed E-state index contributed by atoms with van der Waals surface area (Å²) in [6.45, 7) is 6.48. The summed E-state index contributed by atoms with van der Waals surface area (Å²) in [5, 5.41) is 0. The van der Waals surface area contributed by atoms with Gasteiger partial charge in [0.25, 0.3) is 0 Å². The zero-order valence-corrected chi connectivity index (χ0v) is 38.5. The maximum Gasteiger partial charge on any atom is 0.160 e. The van der Waals surface area contributed by atoms with Gasteiger partial charge in [-0.3, -0.25) is 0 Å². The molecule has 4 heteroatoms. The zero-order valence-electron chi connectivity index (χ0n) is 38.5. The van der Waals surface area contributed by atoms with Crippen LogP contribution in [-0.4, -0.2) is 19.9 Å². The zero-order chi connectivity index (χ0) is 46.8. The number of benzene rings is 8. The fourth-order valence-electron chi connectivity index (χ4n) is 8.97. The lowest BCUT2D eigenvalue weighted by molar-refractivity contribution is 0.690. The highest BCUT2D eigenvalue weighted by Gasteiger charge is 2.32. The topological polar surface area (TPSA) is 51.6 Å². The minimum atomic E-state index is -0.543. The van der Waals surface area contributed by atoms with E-state index in [1.807, 2.05) is 54.6 Å². The molecule has 0 aliphatic rings. The van der Waals surface area contributed by atoms with Crippen LogP contribution in [0.1, 0.15) is 23.7 Å². The first-order valence-corrected chi connectivity index (χ1v) is 23.4. The molecule has 0 radical (unpaired) electrons. The van der Waals surface area contributed by atoms with E-state index in [-0.39, 0.29) is 0 Å². The summed E-state index contributed by atoms with van der Waals surface area (Å²) in [6.07, 6.45) is 9.05. The third-order valence-corrected chi connectivity index (χ3v) is 12.7. The second kappa shape index (κ2) is 20.3. The quantitative estimate of drug-likeness (QED) is 0.102. The Kier molecular flexibility index (Phi) is 13.0. The number of hydrogen-bond acceptors (Lipinski definition) is 4. The van der Waals surface area contributed by atoms with Gasteiger partial charge in [0.05, 0.1) is 17.1 Å². The van der Waals surface area contributed by atoms with Crippen molar-refractivity contribution in [2.75, 3.05) is 0 Å². The number of nitrogens with zero attached hydrogens (tertiary/aromatic N) is 4. The van der Waals surface area contributed by atoms with Crippen LogP contribution in [0.2, 0.25) is 0 Å². The summed E-state index contributed by atoms with van der Waals surface area (Å²) >= 11 is 0. The van der Waals surface area contributed by atoms with Crippen LogP contribution < -0.4 is 0 Å². The summed E-state index contributed by atoms with van der Waals surface area (Å²) in [4.78, 5) is 20.6. The smallest absolute Gasteiger partial charge is 0.160 e. The molecule has 1 atom stereocenters. The summed E-state index contributed by atoms with van der Waals surface area (Å²) in [6, 6.07) is 82.3. The van der Waals surface area contributed by atoms with Gasteiger partial charge in [0.15, 0.2) is 11.6 Å². The van der Waals surface area contributed by atoms with Crippen molar-refractivity contribution in [1.29, 1.82) is 0 Å². The molecule has 0 fully saturated rings. The molecule has 0 N–H and O–H groups in total. The third kappa shape index (κ3) is 9.83. The van der Waals surface area contributed by atoms with Crippen LogP contribution in [0.5, 0.6) is 0 Å². The second-order valence-electron chi connectivity index (χ2n) is 17.2. The molecule has 0 spiro atoms. The van der Waals surface area contributed by atoms with Gasteiger partial charge in [-0.25, -0.2) is 19.9 Å². The highest BCUT2D eigenvalue weighted by molar-refractivity contribution is 5.77. The molecule has 330 valence electrons. The first-order chi connectivity index (χ1) is 34.0. The maximum atomic E-state index is 5.18. The average Bonchev–Trinajstić information content (AvgIpc) is 3.43. The monoisotopic (exact) mass is 886 g/mol. The largest absolute Gasteiger partial charge is 0.233 e. The Morgan fingerprint density at radius 2 is 0.797 bits per heavy atom. The molecule has 10 aromatic rings. The van der Waals surface area contributed by atoms with E-state index in [1.165, 1.54) is 11.1 Å². The van der Waals surface area contributed by atoms with Crippen LogP contribution >= 0.6 is 0 Å². The molecule has 4 nitrogen and oxygen atoms in total. The predicted molar refractivity (Wildman–Crippen MR) is 286 cm³/mol. The van der Waals surface area contributed by atoms with Crippen LogP contribution in [0.3, 0.4) is 0 Å². The minimum Gasteiger partial charge on any atom is -0.233 e. The Morgan fingerprint density at radius 1 is 0.391 bits per heavy atom. The van der Waals surface area contributed by atoms with Crippen LogP contribution in [0.4, 0.5) is 0 Å². The van der Waals surface area contributed by atoms with E-state index in [1.54, 1.807) is 0 Å². The fraction of sp³-hybridized carbons (Fsp3) is 0.0462. The Labute approximate surface area is 405 Å². The second-order valence-corrected chi connectivity index (χ2v) is 17.2. The summed E-state index contributed by atoms with van der Waals surface area (Å²) in [5.74, 6) is 1.38. The lowest BCUT2D eigenvalue weighted by Gasteiger charge is -2.33. The van der Waals surface area contributed by atoms with Crippen LogP contribution in [-0.2, 0) is 11.8 Å². The minimum absolute atomic E-state index is 0.543. The van der Waals surface area contributed by atoms with Crippen molar-refractivity contribution in [2.24, 2.45) is 0 Å². The normalized spacial score (nSPS) is 12.4. The van der Waals surface area contributed by atoms with E-state index in [9.17, 15) is 0 Å². The summed E-state index contributed by atoms with van der Waals surface area (Å²) in [5.41, 5.74) is 16.0. The average molecular weight is 887 g/mol. The van der Waals surface area contributed by atoms with Crippen molar-refractivity contribution < 1.29 is 0 Å². The molecule has 1 unspecified atom stereocenters. The van der Waals surface area contributed by atoms with E-state index in [2.05, 4.69) is 220 Å². The first-order valence-electron chi connectivity index (χ1n) is 23.4. The number of hydrogen-bond donors (Lipinski definition) is 0. The lowest BCUT2D eigenvalue weighted by Crippen LogP contribution is -2.25. The van der Waals surface area contributed by atoms with Crippen LogP contribution in [0.25, 0.3) is 78.8 Å². The highest BCUT2D eigenvalue weighted by Crippen LogP contribution is 2.41. The Hall–Kier alpha value is -8.86. The highest BCUT2D eigenvalue weighted by atomic mass is 14.9. The van der Waals surface area contributed by atoms with Crippen molar-refractivity contribution in [2.45, 2.75) is 18.8 Å². The predicted octanol–water partition coefficient (Wildman–Crippen LogP) is 16.2. The molecule has 0 bridgehead atoms. The SMILES string of the molecule is C=C/C=C(\C=C/Cc1cc(-c2cccc(-c3ccccc3)c2)nc(-c2ccccc2)n1)C(C)(c1ccccc1)c1ccc(-c2cc(-c3cccc(-c4ccccc4)c3)nc(-c3ccccc3)n2)cc1. The van der Waals surface area contributed by atoms with E-state index < -0.39 is 5.41 Å². The standard InChI is InChI=1S/C65H50N4/c1-3-22-56(37-21-38-59-45-60(67-63(66-59)50-27-13-6-14-28-50)54-33-19-31-52(43-54)47-23-9-4-10-24-47)65(2,57-35-17-8-18-36-57)58-41-39-49(40-42-58)61-46-62(69-64(68-61)51-29-15-7-16-30-51)55-34-20-32-53(44-55)48-25-11-5-12-26-48/h3-37,39-46H,1,38H2,2H3/b37-21-,56-22+. The van der Waals surface area contributed by atoms with Crippen molar-refractivity contribution in [3.8, 4) is 78.8 Å². The molecule has 2 heterocycles. The molecule has 8 aromatic carbocycles. The summed E-state index contributed by atoms with van der Waals surface area (Å²) in [7, 11) is 0. The molecule has 0 amide bonds. The lowest BCUT2D eigenvalue weighted by atomic mass is 9.70. The molecular weight excluding hydrogens is 837 g/mol. The van der Waals surface area contributed by atoms with Gasteiger partial charge in [-0.15, -0.1) is 0 Å². The van der Waals surface area contributed by atoms with E-state index in [4.69, 9.17) is 19.9 Å². The van der Waals surface area contributed by atoms with Crippen LogP contribution in [0, 0.1) is 0 Å². The molecule has 69 heavy (non-hydrogen) atoms. The molecule has 0 aliphatic carbocycles. The number of allylic oxidation sites excluding steroid dienone is 5.